The average Bonchev–Trinajstić information content (AvgIpc) is 3.01. The van der Waals surface area contributed by atoms with Gasteiger partial charge in [0.1, 0.15) is 11.6 Å². The summed E-state index contributed by atoms with van der Waals surface area (Å²) in [5.74, 6) is -0.193. The van der Waals surface area contributed by atoms with Gasteiger partial charge < -0.3 is 9.64 Å². The first-order chi connectivity index (χ1) is 13.0. The van der Waals surface area contributed by atoms with E-state index >= 15 is 0 Å². The number of hydrogen-bond acceptors (Lipinski definition) is 8. The first kappa shape index (κ1) is 20.5. The smallest absolute Gasteiger partial charge is 0.307 e. The summed E-state index contributed by atoms with van der Waals surface area (Å²) in [6, 6.07) is 9.74. The van der Waals surface area contributed by atoms with E-state index in [2.05, 4.69) is 25.6 Å². The number of benzene rings is 1. The summed E-state index contributed by atoms with van der Waals surface area (Å²) in [5, 5.41) is 18.0. The van der Waals surface area contributed by atoms with Crippen LogP contribution in [0, 0.1) is 18.3 Å². The van der Waals surface area contributed by atoms with E-state index in [1.807, 2.05) is 38.1 Å². The third-order valence-electron chi connectivity index (χ3n) is 4.03. The van der Waals surface area contributed by atoms with E-state index in [1.54, 1.807) is 13.8 Å². The zero-order chi connectivity index (χ0) is 19.8. The second kappa shape index (κ2) is 9.78. The molecule has 1 aromatic heterocycles. The zero-order valence-electron chi connectivity index (χ0n) is 16.0. The van der Waals surface area contributed by atoms with Crippen molar-refractivity contribution in [3.63, 3.8) is 0 Å². The normalized spacial score (nSPS) is 12.0. The van der Waals surface area contributed by atoms with Gasteiger partial charge in [-0.1, -0.05) is 0 Å². The van der Waals surface area contributed by atoms with Gasteiger partial charge >= 0.3 is 5.97 Å². The maximum atomic E-state index is 11.7. The molecule has 0 spiro atoms. The number of azo groups is 1. The Morgan fingerprint density at radius 1 is 1.33 bits per heavy atom. The molecule has 1 heterocycles. The van der Waals surface area contributed by atoms with Gasteiger partial charge in [0.25, 0.3) is 0 Å². The zero-order valence-corrected chi connectivity index (χ0v) is 16.8. The molecule has 2 aromatic rings. The van der Waals surface area contributed by atoms with Gasteiger partial charge in [-0.25, -0.2) is 0 Å². The van der Waals surface area contributed by atoms with Crippen LogP contribution in [0.1, 0.15) is 38.4 Å². The first-order valence-corrected chi connectivity index (χ1v) is 9.57. The standard InChI is InChI=1S/C19H23N5O2S/c1-5-24(13(3)11-18(25)26-6-2)16-9-7-15(8-10-16)21-22-19-17(12-20)14(4)23-27-19/h7-10,13H,5-6,11H2,1-4H3. The van der Waals surface area contributed by atoms with Gasteiger partial charge in [-0.3, -0.25) is 4.79 Å². The Hall–Kier alpha value is -2.79. The molecular weight excluding hydrogens is 362 g/mol. The predicted octanol–water partition coefficient (Wildman–Crippen LogP) is 4.91. The van der Waals surface area contributed by atoms with Gasteiger partial charge in [0, 0.05) is 18.3 Å². The number of aromatic nitrogens is 1. The summed E-state index contributed by atoms with van der Waals surface area (Å²) in [4.78, 5) is 13.9. The number of aryl methyl sites for hydroxylation is 1. The molecule has 0 N–H and O–H groups in total. The Labute approximate surface area is 163 Å². The number of carbonyl (C=O) groups excluding carboxylic acids is 1. The molecule has 2 rings (SSSR count). The molecule has 0 radical (unpaired) electrons. The van der Waals surface area contributed by atoms with Crippen LogP contribution >= 0.6 is 11.5 Å². The highest BCUT2D eigenvalue weighted by Gasteiger charge is 2.17. The number of esters is 1. The van der Waals surface area contributed by atoms with Crippen LogP contribution in [-0.4, -0.2) is 29.5 Å². The summed E-state index contributed by atoms with van der Waals surface area (Å²) >= 11 is 1.16. The minimum absolute atomic E-state index is 0.0277. The van der Waals surface area contributed by atoms with Crippen molar-refractivity contribution in [2.24, 2.45) is 10.2 Å². The third-order valence-corrected chi connectivity index (χ3v) is 4.86. The van der Waals surface area contributed by atoms with E-state index in [1.165, 1.54) is 0 Å². The molecule has 0 aliphatic heterocycles. The Balaban J connectivity index is 2.09. The second-order valence-corrected chi connectivity index (χ2v) is 6.67. The molecule has 27 heavy (non-hydrogen) atoms. The van der Waals surface area contributed by atoms with Crippen molar-refractivity contribution in [3.05, 3.63) is 35.5 Å². The molecule has 0 bridgehead atoms. The fraction of sp³-hybridized carbons (Fsp3) is 0.421. The van der Waals surface area contributed by atoms with Crippen molar-refractivity contribution >= 4 is 33.9 Å². The molecule has 0 amide bonds. The van der Waals surface area contributed by atoms with Gasteiger partial charge in [0.2, 0.25) is 0 Å². The lowest BCUT2D eigenvalue weighted by Crippen LogP contribution is -2.35. The van der Waals surface area contributed by atoms with Crippen LogP contribution in [0.3, 0.4) is 0 Å². The van der Waals surface area contributed by atoms with Crippen LogP contribution in [0.4, 0.5) is 16.4 Å². The maximum absolute atomic E-state index is 11.7. The number of nitriles is 1. The predicted molar refractivity (Wildman–Crippen MR) is 106 cm³/mol. The number of anilines is 1. The minimum Gasteiger partial charge on any atom is -0.466 e. The summed E-state index contributed by atoms with van der Waals surface area (Å²) in [7, 11) is 0. The largest absolute Gasteiger partial charge is 0.466 e. The Morgan fingerprint density at radius 2 is 2.04 bits per heavy atom. The van der Waals surface area contributed by atoms with E-state index in [-0.39, 0.29) is 12.0 Å². The van der Waals surface area contributed by atoms with Crippen molar-refractivity contribution in [3.8, 4) is 6.07 Å². The number of ether oxygens (including phenoxy) is 1. The number of nitrogens with zero attached hydrogens (tertiary/aromatic N) is 5. The molecule has 8 heteroatoms. The van der Waals surface area contributed by atoms with E-state index < -0.39 is 0 Å². The number of carbonyl (C=O) groups is 1. The molecule has 1 atom stereocenters. The van der Waals surface area contributed by atoms with Gasteiger partial charge in [0.05, 0.1) is 24.4 Å². The molecule has 0 aliphatic carbocycles. The van der Waals surface area contributed by atoms with E-state index in [0.717, 1.165) is 23.8 Å². The van der Waals surface area contributed by atoms with Crippen LogP contribution in [-0.2, 0) is 9.53 Å². The maximum Gasteiger partial charge on any atom is 0.307 e. The van der Waals surface area contributed by atoms with Crippen LogP contribution in [0.25, 0.3) is 0 Å². The second-order valence-electron chi connectivity index (χ2n) is 5.92. The van der Waals surface area contributed by atoms with Crippen molar-refractivity contribution in [1.82, 2.24) is 4.37 Å². The Bertz CT molecular complexity index is 839. The van der Waals surface area contributed by atoms with Gasteiger partial charge in [-0.15, -0.1) is 10.2 Å². The molecule has 0 fully saturated rings. The lowest BCUT2D eigenvalue weighted by Gasteiger charge is -2.29. The summed E-state index contributed by atoms with van der Waals surface area (Å²) in [5.41, 5.74) is 2.81. The molecular formula is C19H23N5O2S. The van der Waals surface area contributed by atoms with Gasteiger partial charge in [-0.05, 0) is 63.5 Å². The van der Waals surface area contributed by atoms with Crippen LogP contribution in [0.2, 0.25) is 0 Å². The average molecular weight is 385 g/mol. The SMILES string of the molecule is CCOC(=O)CC(C)N(CC)c1ccc(N=Nc2snc(C)c2C#N)cc1. The summed E-state index contributed by atoms with van der Waals surface area (Å²) in [6.45, 7) is 8.80. The molecule has 1 unspecified atom stereocenters. The lowest BCUT2D eigenvalue weighted by molar-refractivity contribution is -0.143. The van der Waals surface area contributed by atoms with Gasteiger partial charge in [0.15, 0.2) is 5.00 Å². The van der Waals surface area contributed by atoms with E-state index in [0.29, 0.717) is 35.0 Å². The van der Waals surface area contributed by atoms with Crippen molar-refractivity contribution < 1.29 is 9.53 Å². The summed E-state index contributed by atoms with van der Waals surface area (Å²) in [6.07, 6.45) is 0.338. The molecule has 7 nitrogen and oxygen atoms in total. The highest BCUT2D eigenvalue weighted by atomic mass is 32.1. The van der Waals surface area contributed by atoms with Crippen molar-refractivity contribution in [2.75, 3.05) is 18.1 Å². The number of rotatable bonds is 8. The topological polar surface area (TPSA) is 90.9 Å². The van der Waals surface area contributed by atoms with Gasteiger partial charge in [-0.2, -0.15) is 9.64 Å². The Morgan fingerprint density at radius 3 is 2.63 bits per heavy atom. The monoisotopic (exact) mass is 385 g/mol. The van der Waals surface area contributed by atoms with Crippen molar-refractivity contribution in [1.29, 1.82) is 5.26 Å². The number of hydrogen-bond donors (Lipinski definition) is 0. The molecule has 1 aromatic carbocycles. The quantitative estimate of drug-likeness (QED) is 0.476. The van der Waals surface area contributed by atoms with Crippen LogP contribution in [0.15, 0.2) is 34.5 Å². The summed E-state index contributed by atoms with van der Waals surface area (Å²) < 4.78 is 9.16. The highest BCUT2D eigenvalue weighted by Crippen LogP contribution is 2.29. The lowest BCUT2D eigenvalue weighted by atomic mass is 10.1. The first-order valence-electron chi connectivity index (χ1n) is 8.80. The van der Waals surface area contributed by atoms with Crippen molar-refractivity contribution in [2.45, 2.75) is 40.2 Å². The molecule has 0 saturated heterocycles. The Kier molecular flexibility index (Phi) is 7.44. The molecule has 0 aliphatic rings. The molecule has 142 valence electrons. The fourth-order valence-corrected chi connectivity index (χ4v) is 3.37. The van der Waals surface area contributed by atoms with E-state index in [9.17, 15) is 4.79 Å². The van der Waals surface area contributed by atoms with Crippen LogP contribution in [0.5, 0.6) is 0 Å². The highest BCUT2D eigenvalue weighted by molar-refractivity contribution is 7.10. The molecule has 0 saturated carbocycles. The minimum atomic E-state index is -0.193. The third kappa shape index (κ3) is 5.34. The van der Waals surface area contributed by atoms with E-state index in [4.69, 9.17) is 10.00 Å². The van der Waals surface area contributed by atoms with Crippen LogP contribution < -0.4 is 4.90 Å². The fourth-order valence-electron chi connectivity index (χ4n) is 2.69.